The number of benzene rings is 2. The summed E-state index contributed by atoms with van der Waals surface area (Å²) in [5.41, 5.74) is 0.690. The number of hydrogen-bond acceptors (Lipinski definition) is 5. The zero-order chi connectivity index (χ0) is 28.7. The van der Waals surface area contributed by atoms with E-state index in [2.05, 4.69) is 17.0 Å². The summed E-state index contributed by atoms with van der Waals surface area (Å²) >= 11 is 0. The molecular weight excluding hydrogens is 517 g/mol. The summed E-state index contributed by atoms with van der Waals surface area (Å²) in [7, 11) is 0. The molecule has 1 atom stereocenters. The Kier molecular flexibility index (Phi) is 13.4. The van der Waals surface area contributed by atoms with Gasteiger partial charge in [-0.15, -0.1) is 13.2 Å². The number of carbonyl (C=O) groups excluding carboxylic acids is 1. The van der Waals surface area contributed by atoms with Crippen molar-refractivity contribution in [3.63, 3.8) is 0 Å². The van der Waals surface area contributed by atoms with Crippen LogP contribution in [0.4, 0.5) is 23.7 Å². The number of urea groups is 1. The molecule has 0 aliphatic heterocycles. The first-order valence-corrected chi connectivity index (χ1v) is 13.1. The van der Waals surface area contributed by atoms with Gasteiger partial charge in [-0.1, -0.05) is 56.9 Å². The summed E-state index contributed by atoms with van der Waals surface area (Å²) in [6.45, 7) is 4.90. The van der Waals surface area contributed by atoms with Gasteiger partial charge < -0.3 is 29.5 Å². The first-order chi connectivity index (χ1) is 18.6. The highest BCUT2D eigenvalue weighted by molar-refractivity contribution is 5.91. The summed E-state index contributed by atoms with van der Waals surface area (Å²) in [5, 5.41) is 11.8. The minimum atomic E-state index is -4.89. The van der Waals surface area contributed by atoms with Gasteiger partial charge >= 0.3 is 18.4 Å². The number of rotatable bonds is 17. The average Bonchev–Trinajstić information content (AvgIpc) is 2.88. The first kappa shape index (κ1) is 31.7. The number of carboxylic acids is 1. The van der Waals surface area contributed by atoms with Crippen LogP contribution in [-0.2, 0) is 16.0 Å². The molecule has 0 aromatic heterocycles. The Morgan fingerprint density at radius 1 is 0.974 bits per heavy atom. The van der Waals surface area contributed by atoms with Crippen LogP contribution in [0.15, 0.2) is 48.5 Å². The Balaban J connectivity index is 1.99. The van der Waals surface area contributed by atoms with Crippen LogP contribution in [0.1, 0.15) is 51.5 Å². The maximum Gasteiger partial charge on any atom is 0.573 e. The maximum absolute atomic E-state index is 13.0. The topological polar surface area (TPSA) is 97.3 Å². The molecule has 8 nitrogen and oxygen atoms in total. The third-order valence-corrected chi connectivity index (χ3v) is 5.79. The van der Waals surface area contributed by atoms with Gasteiger partial charge in [0.2, 0.25) is 0 Å². The predicted octanol–water partition coefficient (Wildman–Crippen LogP) is 6.50. The second kappa shape index (κ2) is 16.5. The summed E-state index contributed by atoms with van der Waals surface area (Å²) < 4.78 is 53.4. The largest absolute Gasteiger partial charge is 0.573 e. The monoisotopic (exact) mass is 554 g/mol. The van der Waals surface area contributed by atoms with Gasteiger partial charge in [-0.25, -0.2) is 9.59 Å². The molecule has 2 N–H and O–H groups in total. The Bertz CT molecular complexity index is 1020. The van der Waals surface area contributed by atoms with E-state index in [4.69, 9.17) is 9.47 Å². The van der Waals surface area contributed by atoms with Crippen molar-refractivity contribution in [1.29, 1.82) is 0 Å². The fraction of sp³-hybridized carbons (Fsp3) is 0.500. The van der Waals surface area contributed by atoms with E-state index in [-0.39, 0.29) is 25.3 Å². The zero-order valence-corrected chi connectivity index (χ0v) is 22.3. The highest BCUT2D eigenvalue weighted by Crippen LogP contribution is 2.30. The molecule has 0 bridgehead atoms. The summed E-state index contributed by atoms with van der Waals surface area (Å²) in [6.07, 6.45) is -0.738. The van der Waals surface area contributed by atoms with Crippen LogP contribution >= 0.6 is 0 Å². The molecule has 0 radical (unpaired) electrons. The minimum absolute atomic E-state index is 0.0842. The lowest BCUT2D eigenvalue weighted by atomic mass is 10.1. The second-order valence-electron chi connectivity index (χ2n) is 8.85. The van der Waals surface area contributed by atoms with Crippen molar-refractivity contribution in [3.05, 3.63) is 54.1 Å². The molecule has 1 unspecified atom stereocenters. The predicted molar refractivity (Wildman–Crippen MR) is 141 cm³/mol. The fourth-order valence-corrected chi connectivity index (χ4v) is 3.83. The van der Waals surface area contributed by atoms with Gasteiger partial charge in [0.25, 0.3) is 0 Å². The van der Waals surface area contributed by atoms with Crippen molar-refractivity contribution in [3.8, 4) is 11.5 Å². The molecule has 2 rings (SSSR count). The number of nitrogens with zero attached hydrogens (tertiary/aromatic N) is 1. The van der Waals surface area contributed by atoms with E-state index in [1.165, 1.54) is 23.1 Å². The van der Waals surface area contributed by atoms with Crippen LogP contribution < -0.4 is 14.8 Å². The number of hydrogen-bond donors (Lipinski definition) is 2. The molecule has 0 aliphatic carbocycles. The van der Waals surface area contributed by atoms with E-state index in [0.717, 1.165) is 43.7 Å². The lowest BCUT2D eigenvalue weighted by Crippen LogP contribution is -2.38. The normalized spacial score (nSPS) is 12.0. The number of anilines is 1. The van der Waals surface area contributed by atoms with Crippen LogP contribution in [0.25, 0.3) is 0 Å². The molecule has 0 saturated carbocycles. The van der Waals surface area contributed by atoms with Crippen LogP contribution in [0, 0.1) is 0 Å². The zero-order valence-electron chi connectivity index (χ0n) is 22.3. The molecule has 2 amide bonds. The molecule has 0 heterocycles. The lowest BCUT2D eigenvalue weighted by molar-refractivity contribution is -0.274. The van der Waals surface area contributed by atoms with Gasteiger partial charge in [0.15, 0.2) is 11.9 Å². The van der Waals surface area contributed by atoms with E-state index in [1.807, 2.05) is 0 Å². The van der Waals surface area contributed by atoms with E-state index < -0.39 is 30.2 Å². The van der Waals surface area contributed by atoms with Crippen LogP contribution in [0.5, 0.6) is 11.5 Å². The average molecular weight is 555 g/mol. The maximum atomic E-state index is 13.0. The van der Waals surface area contributed by atoms with Crippen molar-refractivity contribution in [1.82, 2.24) is 4.90 Å². The van der Waals surface area contributed by atoms with Gasteiger partial charge in [0, 0.05) is 19.6 Å². The number of nitrogens with one attached hydrogen (secondary N) is 1. The number of unbranched alkanes of at least 4 members (excludes halogenated alkanes) is 4. The van der Waals surface area contributed by atoms with Crippen LogP contribution in [0.3, 0.4) is 0 Å². The molecule has 2 aromatic rings. The van der Waals surface area contributed by atoms with Crippen LogP contribution in [-0.4, -0.2) is 60.8 Å². The highest BCUT2D eigenvalue weighted by Gasteiger charge is 2.32. The Hall–Kier alpha value is -3.47. The lowest BCUT2D eigenvalue weighted by Gasteiger charge is -2.24. The van der Waals surface area contributed by atoms with Crippen molar-refractivity contribution in [2.75, 3.05) is 31.6 Å². The SMILES string of the molecule is CCCCCCCN(CCOc1ccc(CC(OCC)C(=O)O)cc1)C(=O)Nc1ccccc1OC(F)(F)F. The Labute approximate surface area is 227 Å². The third kappa shape index (κ3) is 12.3. The number of para-hydroxylation sites is 2. The van der Waals surface area contributed by atoms with Crippen molar-refractivity contribution in [2.45, 2.75) is 64.8 Å². The second-order valence-corrected chi connectivity index (χ2v) is 8.85. The minimum Gasteiger partial charge on any atom is -0.492 e. The van der Waals surface area contributed by atoms with E-state index in [1.54, 1.807) is 31.2 Å². The van der Waals surface area contributed by atoms with E-state index in [9.17, 15) is 27.9 Å². The molecule has 2 aromatic carbocycles. The summed E-state index contributed by atoms with van der Waals surface area (Å²) in [4.78, 5) is 25.8. The Morgan fingerprint density at radius 2 is 1.67 bits per heavy atom. The number of ether oxygens (including phenoxy) is 3. The number of amides is 2. The number of carboxylic acid groups (broad SMARTS) is 1. The van der Waals surface area contributed by atoms with E-state index in [0.29, 0.717) is 18.9 Å². The summed E-state index contributed by atoms with van der Waals surface area (Å²) in [6, 6.07) is 11.7. The Morgan fingerprint density at radius 3 is 2.31 bits per heavy atom. The number of halogens is 3. The van der Waals surface area contributed by atoms with Crippen LogP contribution in [0.2, 0.25) is 0 Å². The molecule has 0 saturated heterocycles. The number of carbonyl (C=O) groups is 2. The van der Waals surface area contributed by atoms with Crippen molar-refractivity contribution < 1.29 is 42.1 Å². The van der Waals surface area contributed by atoms with Gasteiger partial charge in [-0.3, -0.25) is 0 Å². The molecule has 39 heavy (non-hydrogen) atoms. The molecule has 216 valence electrons. The molecule has 0 spiro atoms. The molecular formula is C28H37F3N2O6. The number of aliphatic carboxylic acids is 1. The quantitative estimate of drug-likeness (QED) is 0.217. The molecule has 11 heteroatoms. The highest BCUT2D eigenvalue weighted by atomic mass is 19.4. The third-order valence-electron chi connectivity index (χ3n) is 5.79. The van der Waals surface area contributed by atoms with E-state index >= 15 is 0 Å². The standard InChI is InChI=1S/C28H37F3N2O6/c1-3-5-6-7-10-17-33(27(36)32-23-11-8-9-12-24(23)39-28(29,30)31)18-19-38-22-15-13-21(14-16-22)20-25(26(34)35)37-4-2/h8-9,11-16,25H,3-7,10,17-20H2,1-2H3,(H,32,36)(H,34,35). The van der Waals surface area contributed by atoms with Crippen molar-refractivity contribution in [2.24, 2.45) is 0 Å². The van der Waals surface area contributed by atoms with Crippen molar-refractivity contribution >= 4 is 17.7 Å². The van der Waals surface area contributed by atoms with Gasteiger partial charge in [0.1, 0.15) is 12.4 Å². The molecule has 0 fully saturated rings. The smallest absolute Gasteiger partial charge is 0.492 e. The number of alkyl halides is 3. The molecule has 0 aliphatic rings. The van der Waals surface area contributed by atoms with Gasteiger partial charge in [-0.05, 0) is 43.2 Å². The van der Waals surface area contributed by atoms with Gasteiger partial charge in [0.05, 0.1) is 12.2 Å². The fourth-order valence-electron chi connectivity index (χ4n) is 3.83. The van der Waals surface area contributed by atoms with Gasteiger partial charge in [-0.2, -0.15) is 0 Å². The first-order valence-electron chi connectivity index (χ1n) is 13.1. The summed E-state index contributed by atoms with van der Waals surface area (Å²) in [5.74, 6) is -0.987.